The van der Waals surface area contributed by atoms with Gasteiger partial charge in [-0.1, -0.05) is 45.4 Å². The fourth-order valence-corrected chi connectivity index (χ4v) is 5.67. The minimum Gasteiger partial charge on any atom is -0.329 e. The van der Waals surface area contributed by atoms with E-state index >= 15 is 0 Å². The molecule has 1 heterocycles. The summed E-state index contributed by atoms with van der Waals surface area (Å²) in [6, 6.07) is 0. The summed E-state index contributed by atoms with van der Waals surface area (Å²) in [4.78, 5) is 2.83. The zero-order chi connectivity index (χ0) is 14.8. The highest BCUT2D eigenvalue weighted by Gasteiger charge is 2.44. The van der Waals surface area contributed by atoms with Gasteiger partial charge in [0, 0.05) is 12.1 Å². The maximum absolute atomic E-state index is 6.31. The number of hydrogen-bond donors (Lipinski definition) is 1. The molecular formula is C19H36N2. The molecule has 1 spiro atoms. The van der Waals surface area contributed by atoms with Crippen LogP contribution in [0.4, 0.5) is 0 Å². The average molecular weight is 293 g/mol. The van der Waals surface area contributed by atoms with E-state index in [0.717, 1.165) is 17.9 Å². The van der Waals surface area contributed by atoms with Crippen molar-refractivity contribution in [3.05, 3.63) is 0 Å². The summed E-state index contributed by atoms with van der Waals surface area (Å²) in [5.74, 6) is 0.924. The topological polar surface area (TPSA) is 29.3 Å². The molecule has 1 aliphatic heterocycles. The first kappa shape index (κ1) is 15.8. The summed E-state index contributed by atoms with van der Waals surface area (Å²) >= 11 is 0. The molecule has 3 aliphatic rings. The van der Waals surface area contributed by atoms with E-state index in [-0.39, 0.29) is 0 Å². The van der Waals surface area contributed by atoms with Crippen LogP contribution in [0.15, 0.2) is 0 Å². The van der Waals surface area contributed by atoms with Crippen LogP contribution in [0.2, 0.25) is 0 Å². The molecule has 21 heavy (non-hydrogen) atoms. The Morgan fingerprint density at radius 2 is 1.67 bits per heavy atom. The summed E-state index contributed by atoms with van der Waals surface area (Å²) in [6.45, 7) is 5.91. The van der Waals surface area contributed by atoms with Gasteiger partial charge in [0.1, 0.15) is 0 Å². The zero-order valence-electron chi connectivity index (χ0n) is 14.2. The van der Waals surface area contributed by atoms with Crippen molar-refractivity contribution in [2.45, 2.75) is 89.5 Å². The summed E-state index contributed by atoms with van der Waals surface area (Å²) in [5.41, 5.74) is 7.40. The van der Waals surface area contributed by atoms with Crippen molar-refractivity contribution in [3.8, 4) is 0 Å². The molecular weight excluding hydrogens is 256 g/mol. The Balaban J connectivity index is 1.63. The highest BCUT2D eigenvalue weighted by atomic mass is 15.2. The van der Waals surface area contributed by atoms with Crippen LogP contribution >= 0.6 is 0 Å². The number of nitrogens with two attached hydrogens (primary N) is 1. The van der Waals surface area contributed by atoms with Gasteiger partial charge in [0.15, 0.2) is 0 Å². The molecule has 1 saturated heterocycles. The number of nitrogens with zero attached hydrogens (tertiary/aromatic N) is 1. The fraction of sp³-hybridized carbons (Fsp3) is 1.00. The molecule has 0 radical (unpaired) electrons. The fourth-order valence-electron chi connectivity index (χ4n) is 5.67. The monoisotopic (exact) mass is 292 g/mol. The molecule has 0 amide bonds. The molecule has 2 saturated carbocycles. The largest absolute Gasteiger partial charge is 0.329 e. The van der Waals surface area contributed by atoms with Crippen molar-refractivity contribution in [1.82, 2.24) is 4.90 Å². The predicted octanol–water partition coefficient (Wildman–Crippen LogP) is 4.33. The second-order valence-electron chi connectivity index (χ2n) is 8.35. The Hall–Kier alpha value is -0.0800. The normalized spacial score (nSPS) is 37.7. The van der Waals surface area contributed by atoms with E-state index < -0.39 is 0 Å². The lowest BCUT2D eigenvalue weighted by atomic mass is 9.66. The second-order valence-corrected chi connectivity index (χ2v) is 8.35. The first-order valence-electron chi connectivity index (χ1n) is 9.67. The van der Waals surface area contributed by atoms with E-state index in [0.29, 0.717) is 5.54 Å². The van der Waals surface area contributed by atoms with Crippen LogP contribution in [-0.2, 0) is 0 Å². The summed E-state index contributed by atoms with van der Waals surface area (Å²) in [5, 5.41) is 0. The van der Waals surface area contributed by atoms with Crippen molar-refractivity contribution >= 4 is 0 Å². The van der Waals surface area contributed by atoms with Gasteiger partial charge in [0.25, 0.3) is 0 Å². The van der Waals surface area contributed by atoms with E-state index in [1.807, 2.05) is 0 Å². The van der Waals surface area contributed by atoms with Gasteiger partial charge in [-0.05, 0) is 62.9 Å². The van der Waals surface area contributed by atoms with Gasteiger partial charge >= 0.3 is 0 Å². The maximum Gasteiger partial charge on any atom is 0.0334 e. The van der Waals surface area contributed by atoms with Gasteiger partial charge in [-0.2, -0.15) is 0 Å². The third kappa shape index (κ3) is 3.17. The maximum atomic E-state index is 6.31. The second kappa shape index (κ2) is 6.58. The van der Waals surface area contributed by atoms with Gasteiger partial charge in [-0.15, -0.1) is 0 Å². The Labute approximate surface area is 131 Å². The van der Waals surface area contributed by atoms with Gasteiger partial charge in [0.2, 0.25) is 0 Å². The molecule has 0 aromatic heterocycles. The average Bonchev–Trinajstić information content (AvgIpc) is 2.56. The number of piperidine rings is 1. The Morgan fingerprint density at radius 1 is 0.952 bits per heavy atom. The molecule has 122 valence electrons. The molecule has 2 unspecified atom stereocenters. The molecule has 3 fully saturated rings. The standard InChI is InChI=1S/C19H36N2/c1-2-17-7-6-10-19(15-17,16-20)21-13-11-18(12-14-21)8-4-3-5-9-18/h17H,2-16,20H2,1H3. The quantitative estimate of drug-likeness (QED) is 0.839. The summed E-state index contributed by atoms with van der Waals surface area (Å²) < 4.78 is 0. The van der Waals surface area contributed by atoms with Gasteiger partial charge in [-0.3, -0.25) is 4.90 Å². The third-order valence-electron chi connectivity index (χ3n) is 7.29. The van der Waals surface area contributed by atoms with Gasteiger partial charge < -0.3 is 5.73 Å². The van der Waals surface area contributed by atoms with Crippen molar-refractivity contribution < 1.29 is 0 Å². The lowest BCUT2D eigenvalue weighted by Crippen LogP contribution is -2.59. The number of hydrogen-bond acceptors (Lipinski definition) is 2. The molecule has 0 bridgehead atoms. The minimum absolute atomic E-state index is 0.356. The van der Waals surface area contributed by atoms with Crippen LogP contribution in [0.1, 0.15) is 84.0 Å². The van der Waals surface area contributed by atoms with Crippen LogP contribution in [0.3, 0.4) is 0 Å². The Bertz CT molecular complexity index is 324. The van der Waals surface area contributed by atoms with E-state index in [2.05, 4.69) is 11.8 Å². The molecule has 2 nitrogen and oxygen atoms in total. The number of rotatable bonds is 3. The zero-order valence-corrected chi connectivity index (χ0v) is 14.2. The molecule has 0 aromatic rings. The van der Waals surface area contributed by atoms with Crippen LogP contribution in [-0.4, -0.2) is 30.1 Å². The molecule has 2 N–H and O–H groups in total. The smallest absolute Gasteiger partial charge is 0.0334 e. The van der Waals surface area contributed by atoms with Gasteiger partial charge in [-0.25, -0.2) is 0 Å². The lowest BCUT2D eigenvalue weighted by molar-refractivity contribution is -0.0237. The molecule has 0 aromatic carbocycles. The van der Waals surface area contributed by atoms with Crippen molar-refractivity contribution in [2.75, 3.05) is 19.6 Å². The molecule has 2 atom stereocenters. The van der Waals surface area contributed by atoms with Crippen LogP contribution < -0.4 is 5.73 Å². The molecule has 3 rings (SSSR count). The van der Waals surface area contributed by atoms with Crippen molar-refractivity contribution in [3.63, 3.8) is 0 Å². The van der Waals surface area contributed by atoms with E-state index in [4.69, 9.17) is 5.73 Å². The van der Waals surface area contributed by atoms with E-state index in [1.54, 1.807) is 0 Å². The lowest BCUT2D eigenvalue weighted by Gasteiger charge is -2.53. The summed E-state index contributed by atoms with van der Waals surface area (Å²) in [7, 11) is 0. The molecule has 2 heteroatoms. The molecule has 2 aliphatic carbocycles. The first-order chi connectivity index (χ1) is 10.2. The van der Waals surface area contributed by atoms with Gasteiger partial charge in [0.05, 0.1) is 0 Å². The Morgan fingerprint density at radius 3 is 2.29 bits per heavy atom. The first-order valence-corrected chi connectivity index (χ1v) is 9.67. The minimum atomic E-state index is 0.356. The SMILES string of the molecule is CCC1CCCC(CN)(N2CCC3(CCCCC3)CC2)C1. The Kier molecular flexibility index (Phi) is 4.95. The highest BCUT2D eigenvalue weighted by molar-refractivity contribution is 5.00. The van der Waals surface area contributed by atoms with E-state index in [1.165, 1.54) is 90.1 Å². The third-order valence-corrected chi connectivity index (χ3v) is 7.29. The summed E-state index contributed by atoms with van der Waals surface area (Å²) in [6.07, 6.45) is 17.3. The predicted molar refractivity (Wildman–Crippen MR) is 90.4 cm³/mol. The van der Waals surface area contributed by atoms with Crippen LogP contribution in [0.5, 0.6) is 0 Å². The van der Waals surface area contributed by atoms with Crippen LogP contribution in [0, 0.1) is 11.3 Å². The van der Waals surface area contributed by atoms with Crippen molar-refractivity contribution in [2.24, 2.45) is 17.1 Å². The number of likely N-dealkylation sites (tertiary alicyclic amines) is 1. The van der Waals surface area contributed by atoms with Crippen molar-refractivity contribution in [1.29, 1.82) is 0 Å². The van der Waals surface area contributed by atoms with E-state index in [9.17, 15) is 0 Å². The highest BCUT2D eigenvalue weighted by Crippen LogP contribution is 2.47. The van der Waals surface area contributed by atoms with Crippen LogP contribution in [0.25, 0.3) is 0 Å².